The van der Waals surface area contributed by atoms with Crippen molar-refractivity contribution in [1.29, 1.82) is 0 Å². The van der Waals surface area contributed by atoms with Crippen molar-refractivity contribution in [3.8, 4) is 0 Å². The monoisotopic (exact) mass is 490 g/mol. The number of thiazole rings is 1. The van der Waals surface area contributed by atoms with E-state index in [4.69, 9.17) is 4.42 Å². The smallest absolute Gasteiger partial charge is 0.270 e. The number of amides is 2. The quantitative estimate of drug-likeness (QED) is 0.377. The average molecular weight is 491 g/mol. The first-order valence-electron chi connectivity index (χ1n) is 10.8. The Bertz CT molecular complexity index is 1610. The summed E-state index contributed by atoms with van der Waals surface area (Å²) in [6.07, 6.45) is 1.36. The van der Waals surface area contributed by atoms with Crippen LogP contribution in [-0.2, 0) is 20.1 Å². The van der Waals surface area contributed by atoms with Crippen LogP contribution in [0.4, 0.5) is 0 Å². The van der Waals surface area contributed by atoms with Crippen LogP contribution in [0, 0.1) is 6.92 Å². The second-order valence-electron chi connectivity index (χ2n) is 8.29. The van der Waals surface area contributed by atoms with E-state index in [-0.39, 0.29) is 34.7 Å². The van der Waals surface area contributed by atoms with Gasteiger partial charge in [-0.25, -0.2) is 9.97 Å². The van der Waals surface area contributed by atoms with Crippen molar-refractivity contribution < 1.29 is 14.0 Å². The molecule has 2 N–H and O–H groups in total. The van der Waals surface area contributed by atoms with Crippen LogP contribution in [0.15, 0.2) is 51.4 Å². The highest BCUT2D eigenvalue weighted by atomic mass is 32.1. The maximum Gasteiger partial charge on any atom is 0.270 e. The third-order valence-corrected chi connectivity index (χ3v) is 6.52. The summed E-state index contributed by atoms with van der Waals surface area (Å²) < 4.78 is 7.76. The molecule has 0 aliphatic rings. The fraction of sp³-hybridized carbons (Fsp3) is 0.208. The van der Waals surface area contributed by atoms with Gasteiger partial charge in [0.2, 0.25) is 5.71 Å². The van der Waals surface area contributed by atoms with E-state index in [1.165, 1.54) is 22.2 Å². The van der Waals surface area contributed by atoms with Crippen LogP contribution < -0.4 is 10.9 Å². The van der Waals surface area contributed by atoms with E-state index >= 15 is 0 Å². The summed E-state index contributed by atoms with van der Waals surface area (Å²) in [5.41, 5.74) is 4.70. The second kappa shape index (κ2) is 8.84. The Morgan fingerprint density at radius 2 is 2.03 bits per heavy atom. The van der Waals surface area contributed by atoms with Gasteiger partial charge in [-0.2, -0.15) is 0 Å². The van der Waals surface area contributed by atoms with Gasteiger partial charge in [-0.3, -0.25) is 14.4 Å². The molecule has 0 saturated carbocycles. The van der Waals surface area contributed by atoms with Gasteiger partial charge in [0.15, 0.2) is 0 Å². The molecule has 4 heterocycles. The van der Waals surface area contributed by atoms with E-state index in [2.05, 4.69) is 20.3 Å². The molecule has 2 amide bonds. The molecule has 178 valence electrons. The lowest BCUT2D eigenvalue weighted by Crippen LogP contribution is -2.27. The fourth-order valence-corrected chi connectivity index (χ4v) is 4.65. The number of furan rings is 1. The van der Waals surface area contributed by atoms with Gasteiger partial charge >= 0.3 is 0 Å². The second-order valence-corrected chi connectivity index (χ2v) is 9.17. The lowest BCUT2D eigenvalue weighted by Gasteiger charge is -2.17. The molecule has 0 unspecified atom stereocenters. The molecular weight excluding hydrogens is 468 g/mol. The van der Waals surface area contributed by atoms with Crippen molar-refractivity contribution in [2.45, 2.75) is 20.0 Å². The van der Waals surface area contributed by atoms with Crippen LogP contribution in [-0.4, -0.2) is 43.3 Å². The maximum absolute atomic E-state index is 12.9. The van der Waals surface area contributed by atoms with Crippen LogP contribution in [0.1, 0.15) is 37.7 Å². The predicted octanol–water partition coefficient (Wildman–Crippen LogP) is 2.97. The summed E-state index contributed by atoms with van der Waals surface area (Å²) in [4.78, 5) is 51.2. The zero-order valence-corrected chi connectivity index (χ0v) is 20.1. The van der Waals surface area contributed by atoms with Crippen molar-refractivity contribution >= 4 is 44.6 Å². The zero-order valence-electron chi connectivity index (χ0n) is 19.3. The van der Waals surface area contributed by atoms with Crippen molar-refractivity contribution in [2.24, 2.45) is 7.05 Å². The van der Waals surface area contributed by atoms with Gasteiger partial charge in [-0.1, -0.05) is 24.3 Å². The van der Waals surface area contributed by atoms with Gasteiger partial charge in [0.05, 0.1) is 15.8 Å². The van der Waals surface area contributed by atoms with Crippen molar-refractivity contribution in [3.63, 3.8) is 0 Å². The molecule has 0 saturated heterocycles. The summed E-state index contributed by atoms with van der Waals surface area (Å²) in [7, 11) is 3.31. The Labute approximate surface area is 203 Å². The van der Waals surface area contributed by atoms with E-state index in [9.17, 15) is 14.4 Å². The number of fused-ring (bicyclic) bond motifs is 2. The van der Waals surface area contributed by atoms with Crippen molar-refractivity contribution in [2.75, 3.05) is 7.05 Å². The highest BCUT2D eigenvalue weighted by Crippen LogP contribution is 2.21. The molecular formula is C24H22N6O4S. The number of aryl methyl sites for hydroxylation is 2. The van der Waals surface area contributed by atoms with E-state index in [0.717, 1.165) is 15.8 Å². The Morgan fingerprint density at radius 3 is 2.83 bits per heavy atom. The zero-order chi connectivity index (χ0) is 24.7. The summed E-state index contributed by atoms with van der Waals surface area (Å²) in [6, 6.07) is 9.42. The third kappa shape index (κ3) is 4.21. The van der Waals surface area contributed by atoms with Crippen LogP contribution in [0.2, 0.25) is 0 Å². The molecule has 11 heteroatoms. The lowest BCUT2D eigenvalue weighted by atomic mass is 10.1. The molecule has 0 aliphatic carbocycles. The molecule has 0 aliphatic heterocycles. The van der Waals surface area contributed by atoms with Gasteiger partial charge in [0.25, 0.3) is 17.4 Å². The first kappa shape index (κ1) is 22.5. The number of carbonyl (C=O) groups is 2. The van der Waals surface area contributed by atoms with Gasteiger partial charge in [0.1, 0.15) is 28.8 Å². The fourth-order valence-electron chi connectivity index (χ4n) is 3.98. The number of carbonyl (C=O) groups excluding carboxylic acids is 2. The van der Waals surface area contributed by atoms with Crippen LogP contribution in [0.5, 0.6) is 0 Å². The van der Waals surface area contributed by atoms with E-state index in [0.29, 0.717) is 23.6 Å². The molecule has 4 aromatic heterocycles. The Morgan fingerprint density at radius 1 is 1.23 bits per heavy atom. The minimum absolute atomic E-state index is 0.133. The Kier molecular flexibility index (Phi) is 5.69. The van der Waals surface area contributed by atoms with E-state index < -0.39 is 5.91 Å². The van der Waals surface area contributed by atoms with Crippen molar-refractivity contribution in [1.82, 2.24) is 29.7 Å². The predicted molar refractivity (Wildman–Crippen MR) is 131 cm³/mol. The first-order chi connectivity index (χ1) is 16.8. The summed E-state index contributed by atoms with van der Waals surface area (Å²) in [5.74, 6) is -0.211. The summed E-state index contributed by atoms with van der Waals surface area (Å²) in [5, 5.41) is 3.02. The first-order valence-corrected chi connectivity index (χ1v) is 11.7. The topological polar surface area (TPSA) is 126 Å². The van der Waals surface area contributed by atoms with E-state index in [1.54, 1.807) is 31.4 Å². The highest BCUT2D eigenvalue weighted by Gasteiger charge is 2.22. The number of hydrogen-bond acceptors (Lipinski definition) is 7. The van der Waals surface area contributed by atoms with Gasteiger partial charge in [-0.15, -0.1) is 11.3 Å². The number of hydrogen-bond donors (Lipinski definition) is 2. The molecule has 5 aromatic rings. The molecule has 0 atom stereocenters. The van der Waals surface area contributed by atoms with E-state index in [1.807, 2.05) is 30.3 Å². The number of H-pyrrole nitrogens is 1. The molecule has 5 rings (SSSR count). The molecule has 10 nitrogen and oxygen atoms in total. The Hall–Kier alpha value is -4.25. The molecule has 0 fully saturated rings. The molecule has 0 spiro atoms. The Balaban J connectivity index is 1.28. The molecule has 0 radical (unpaired) electrons. The average Bonchev–Trinajstić information content (AvgIpc) is 3.53. The summed E-state index contributed by atoms with van der Waals surface area (Å²) >= 11 is 1.48. The van der Waals surface area contributed by atoms with Crippen LogP contribution in [0.25, 0.3) is 21.4 Å². The molecule has 0 bridgehead atoms. The van der Waals surface area contributed by atoms with Crippen LogP contribution >= 0.6 is 11.3 Å². The number of aromatic amines is 1. The normalized spacial score (nSPS) is 11.3. The minimum atomic E-state index is -0.413. The maximum atomic E-state index is 12.9. The minimum Gasteiger partial charge on any atom is -0.442 e. The number of benzene rings is 1. The van der Waals surface area contributed by atoms with Crippen LogP contribution in [0.3, 0.4) is 0 Å². The summed E-state index contributed by atoms with van der Waals surface area (Å²) in [6.45, 7) is 2.27. The van der Waals surface area contributed by atoms with Gasteiger partial charge < -0.3 is 24.2 Å². The largest absolute Gasteiger partial charge is 0.442 e. The number of nitrogens with one attached hydrogen (secondary N) is 2. The number of aromatic nitrogens is 4. The van der Waals surface area contributed by atoms with Gasteiger partial charge in [0, 0.05) is 27.2 Å². The van der Waals surface area contributed by atoms with Gasteiger partial charge in [-0.05, 0) is 24.1 Å². The number of rotatable bonds is 6. The van der Waals surface area contributed by atoms with Crippen molar-refractivity contribution in [3.05, 3.63) is 80.7 Å². The SMILES string of the molecule is Cc1oc2ncn(C)c(=O)c2c1C(=O)NCc1cccc(CN(C)C(=O)c2cc3scnc3[nH]2)c1. The standard InChI is InChI=1S/C24H22N6O4S/c1-13-18(19-22(34-13)26-11-30(3)24(19)33)21(31)25-9-14-5-4-6-15(7-14)10-29(2)23(32)16-8-17-20(28-16)27-12-35-17/h4-8,11-12,28H,9-10H2,1-3H3,(H,25,31). The highest BCUT2D eigenvalue weighted by molar-refractivity contribution is 7.16. The molecule has 1 aromatic carbocycles. The lowest BCUT2D eigenvalue weighted by molar-refractivity contribution is 0.0780. The number of nitrogens with zero attached hydrogens (tertiary/aromatic N) is 4. The third-order valence-electron chi connectivity index (χ3n) is 5.74. The molecule has 35 heavy (non-hydrogen) atoms.